The molecule has 0 aliphatic carbocycles. The van der Waals surface area contributed by atoms with Gasteiger partial charge in [0.15, 0.2) is 0 Å². The molecule has 1 fully saturated rings. The second-order valence-electron chi connectivity index (χ2n) is 9.94. The Kier molecular flexibility index (Phi) is 8.14. The van der Waals surface area contributed by atoms with Gasteiger partial charge in [0.2, 0.25) is 0 Å². The lowest BCUT2D eigenvalue weighted by Crippen LogP contribution is -3.00. The minimum absolute atomic E-state index is 0. The average molecular weight is 584 g/mol. The van der Waals surface area contributed by atoms with E-state index in [0.717, 1.165) is 64.7 Å². The van der Waals surface area contributed by atoms with Gasteiger partial charge in [0.25, 0.3) is 5.91 Å². The molecule has 0 saturated carbocycles. The molecule has 1 amide bonds. The molecule has 6 heteroatoms. The van der Waals surface area contributed by atoms with Crippen molar-refractivity contribution in [2.24, 2.45) is 0 Å². The number of hydrogen-bond acceptors (Lipinski definition) is 3. The highest BCUT2D eigenvalue weighted by Crippen LogP contribution is 2.33. The maximum Gasteiger partial charge on any atom is 0.250 e. The number of halogens is 1. The highest BCUT2D eigenvalue weighted by molar-refractivity contribution is 6.03. The number of rotatable bonds is 6. The number of hydrogen-bond donors (Lipinski definition) is 1. The van der Waals surface area contributed by atoms with Gasteiger partial charge in [-0.1, -0.05) is 54.6 Å². The third-order valence-electron chi connectivity index (χ3n) is 7.17. The molecule has 3 aromatic carbocycles. The summed E-state index contributed by atoms with van der Waals surface area (Å²) in [6.45, 7) is 3.52. The third kappa shape index (κ3) is 5.88. The summed E-state index contributed by atoms with van der Waals surface area (Å²) in [5, 5.41) is 5.30. The Labute approximate surface area is 224 Å². The number of carbonyl (C=O) groups excluding carboxylic acids is 1. The Balaban J connectivity index is 0.00000289. The van der Waals surface area contributed by atoms with E-state index >= 15 is 0 Å². The number of amides is 1. The zero-order valence-corrected chi connectivity index (χ0v) is 22.6. The van der Waals surface area contributed by atoms with E-state index in [0.29, 0.717) is 18.2 Å². The summed E-state index contributed by atoms with van der Waals surface area (Å²) in [6.07, 6.45) is 4.21. The summed E-state index contributed by atoms with van der Waals surface area (Å²) in [4.78, 5) is 12.9. The van der Waals surface area contributed by atoms with Crippen molar-refractivity contribution in [2.75, 3.05) is 33.9 Å². The predicted molar refractivity (Wildman–Crippen MR) is 135 cm³/mol. The van der Waals surface area contributed by atoms with Crippen LogP contribution in [0.4, 0.5) is 0 Å². The van der Waals surface area contributed by atoms with Crippen molar-refractivity contribution < 1.29 is 42.7 Å². The van der Waals surface area contributed by atoms with Gasteiger partial charge in [-0.15, -0.1) is 0 Å². The van der Waals surface area contributed by atoms with Crippen LogP contribution in [0.5, 0.6) is 5.75 Å². The zero-order chi connectivity index (χ0) is 23.5. The van der Waals surface area contributed by atoms with Gasteiger partial charge in [-0.05, 0) is 28.5 Å². The van der Waals surface area contributed by atoms with Crippen LogP contribution in [-0.4, -0.2) is 50.3 Å². The van der Waals surface area contributed by atoms with Crippen molar-refractivity contribution in [1.29, 1.82) is 0 Å². The van der Waals surface area contributed by atoms with E-state index in [1.807, 2.05) is 24.3 Å². The van der Waals surface area contributed by atoms with Crippen molar-refractivity contribution in [3.05, 3.63) is 82.9 Å². The molecule has 184 valence electrons. The van der Waals surface area contributed by atoms with Gasteiger partial charge in [0.1, 0.15) is 18.9 Å². The second kappa shape index (κ2) is 11.1. The van der Waals surface area contributed by atoms with Crippen LogP contribution in [0, 0.1) is 0 Å². The van der Waals surface area contributed by atoms with E-state index in [1.165, 1.54) is 5.56 Å². The highest BCUT2D eigenvalue weighted by atomic mass is 127. The third-order valence-corrected chi connectivity index (χ3v) is 7.17. The van der Waals surface area contributed by atoms with Crippen LogP contribution in [0.15, 0.2) is 66.2 Å². The van der Waals surface area contributed by atoms with Crippen LogP contribution in [0.25, 0.3) is 16.8 Å². The summed E-state index contributed by atoms with van der Waals surface area (Å²) >= 11 is 0. The molecule has 5 rings (SSSR count). The Bertz CT molecular complexity index is 1210. The van der Waals surface area contributed by atoms with E-state index in [2.05, 4.69) is 61.9 Å². The minimum atomic E-state index is -0.0834. The van der Waals surface area contributed by atoms with Crippen LogP contribution in [0.1, 0.15) is 29.5 Å². The molecule has 1 N–H and O–H groups in total. The lowest BCUT2D eigenvalue weighted by atomic mass is 9.99. The van der Waals surface area contributed by atoms with Gasteiger partial charge in [-0.3, -0.25) is 4.79 Å². The standard InChI is InChI=1S/C29H32N2O3.HI/c1-31(2,25-13-15-33-16-14-25)19-22-9-7-21(8-10-22)18-30-29(32)24-17-27-26-6-4-3-5-23(26)11-12-28(27)34-20-24;/h3-12,17,25H,13-16,18-20H2,1-2H3;1H. The lowest BCUT2D eigenvalue weighted by Gasteiger charge is -2.40. The van der Waals surface area contributed by atoms with Crippen molar-refractivity contribution in [3.63, 3.8) is 0 Å². The molecule has 5 nitrogen and oxygen atoms in total. The van der Waals surface area contributed by atoms with E-state index in [4.69, 9.17) is 9.47 Å². The molecule has 2 aliphatic rings. The van der Waals surface area contributed by atoms with Crippen molar-refractivity contribution in [2.45, 2.75) is 32.0 Å². The molecule has 0 atom stereocenters. The number of fused-ring (bicyclic) bond motifs is 3. The van der Waals surface area contributed by atoms with Gasteiger partial charge in [0.05, 0.1) is 38.9 Å². The molecule has 1 saturated heterocycles. The molecule has 0 unspecified atom stereocenters. The monoisotopic (exact) mass is 584 g/mol. The number of ether oxygens (including phenoxy) is 2. The summed E-state index contributed by atoms with van der Waals surface area (Å²) in [7, 11) is 4.62. The van der Waals surface area contributed by atoms with Crippen molar-refractivity contribution in [3.8, 4) is 5.75 Å². The first-order valence-corrected chi connectivity index (χ1v) is 12.1. The Morgan fingerprint density at radius 2 is 1.69 bits per heavy atom. The van der Waals surface area contributed by atoms with Gasteiger partial charge < -0.3 is 43.3 Å². The van der Waals surface area contributed by atoms with E-state index in [9.17, 15) is 4.79 Å². The number of quaternary nitrogens is 1. The Morgan fingerprint density at radius 1 is 0.971 bits per heavy atom. The lowest BCUT2D eigenvalue weighted by molar-refractivity contribution is -0.929. The molecule has 3 aromatic rings. The molecule has 0 aromatic heterocycles. The van der Waals surface area contributed by atoms with Crippen molar-refractivity contribution >= 4 is 22.8 Å². The minimum Gasteiger partial charge on any atom is -1.00 e. The maximum absolute atomic E-state index is 12.9. The molecule has 35 heavy (non-hydrogen) atoms. The number of nitrogens with one attached hydrogen (secondary N) is 1. The van der Waals surface area contributed by atoms with E-state index < -0.39 is 0 Å². The van der Waals surface area contributed by atoms with E-state index in [1.54, 1.807) is 0 Å². The quantitative estimate of drug-likeness (QED) is 0.355. The van der Waals surface area contributed by atoms with Gasteiger partial charge in [0, 0.05) is 30.5 Å². The van der Waals surface area contributed by atoms with Crippen LogP contribution in [0.2, 0.25) is 0 Å². The number of carbonyl (C=O) groups is 1. The number of benzene rings is 3. The second-order valence-corrected chi connectivity index (χ2v) is 9.94. The fourth-order valence-electron chi connectivity index (χ4n) is 5.10. The fourth-order valence-corrected chi connectivity index (χ4v) is 5.10. The van der Waals surface area contributed by atoms with Gasteiger partial charge in [-0.25, -0.2) is 0 Å². The first-order chi connectivity index (χ1) is 16.5. The summed E-state index contributed by atoms with van der Waals surface area (Å²) in [5.41, 5.74) is 4.04. The summed E-state index contributed by atoms with van der Waals surface area (Å²) in [6, 6.07) is 21.5. The molecule has 0 spiro atoms. The Hall–Kier alpha value is -2.42. The van der Waals surface area contributed by atoms with Crippen LogP contribution in [0.3, 0.4) is 0 Å². The van der Waals surface area contributed by atoms with E-state index in [-0.39, 0.29) is 36.5 Å². The van der Waals surface area contributed by atoms with Gasteiger partial charge >= 0.3 is 0 Å². The maximum atomic E-state index is 12.9. The van der Waals surface area contributed by atoms with Crippen LogP contribution in [-0.2, 0) is 22.6 Å². The summed E-state index contributed by atoms with van der Waals surface area (Å²) < 4.78 is 12.4. The molecular weight excluding hydrogens is 551 g/mol. The number of nitrogens with zero attached hydrogens (tertiary/aromatic N) is 1. The molecule has 0 radical (unpaired) electrons. The largest absolute Gasteiger partial charge is 1.00 e. The first kappa shape index (κ1) is 25.7. The molecule has 0 bridgehead atoms. The summed E-state index contributed by atoms with van der Waals surface area (Å²) in [5.74, 6) is 0.743. The predicted octanol–water partition coefficient (Wildman–Crippen LogP) is 1.69. The first-order valence-electron chi connectivity index (χ1n) is 12.1. The highest BCUT2D eigenvalue weighted by Gasteiger charge is 2.30. The zero-order valence-electron chi connectivity index (χ0n) is 20.4. The molecular formula is C29H33IN2O3. The molecule has 2 aliphatic heterocycles. The molecule has 2 heterocycles. The van der Waals surface area contributed by atoms with Crippen LogP contribution < -0.4 is 34.0 Å². The average Bonchev–Trinajstić information content (AvgIpc) is 2.88. The topological polar surface area (TPSA) is 47.6 Å². The van der Waals surface area contributed by atoms with Gasteiger partial charge in [-0.2, -0.15) is 0 Å². The fraction of sp³-hybridized carbons (Fsp3) is 0.345. The SMILES string of the molecule is C[N+](C)(Cc1ccc(CNC(=O)C2=Cc3c(ccc4ccccc34)OC2)cc1)C1CCOCC1.[I-]. The van der Waals surface area contributed by atoms with Crippen LogP contribution >= 0.6 is 0 Å². The Morgan fingerprint density at radius 3 is 2.46 bits per heavy atom. The smallest absolute Gasteiger partial charge is 0.250 e. The normalized spacial score (nSPS) is 16.0. The van der Waals surface area contributed by atoms with Crippen molar-refractivity contribution in [1.82, 2.24) is 5.32 Å².